The number of aromatic carboxylic acids is 1. The number of ether oxygens (including phenoxy) is 1. The highest BCUT2D eigenvalue weighted by atomic mass is 35.5. The molecule has 0 aliphatic heterocycles. The maximum Gasteiger partial charge on any atom is 0.423 e. The molecule has 4 N–H and O–H groups in total. The predicted octanol–water partition coefficient (Wildman–Crippen LogP) is 4.89. The zero-order valence-electron chi connectivity index (χ0n) is 14.8. The van der Waals surface area contributed by atoms with E-state index in [0.717, 1.165) is 29.1 Å². The fourth-order valence-electron chi connectivity index (χ4n) is 2.72. The second-order valence-electron chi connectivity index (χ2n) is 5.94. The van der Waals surface area contributed by atoms with Gasteiger partial charge in [-0.25, -0.2) is 14.9 Å². The fraction of sp³-hybridized carbons (Fsp3) is 0.158. The molecular weight excluding hydrogens is 423 g/mol. The number of hydrogen-bond donors (Lipinski definition) is 3. The van der Waals surface area contributed by atoms with Crippen LogP contribution in [0.15, 0.2) is 42.2 Å². The van der Waals surface area contributed by atoms with Crippen molar-refractivity contribution in [3.63, 3.8) is 0 Å². The van der Waals surface area contributed by atoms with Gasteiger partial charge in [-0.2, -0.15) is 0 Å². The van der Waals surface area contributed by atoms with Gasteiger partial charge in [-0.15, -0.1) is 0 Å². The van der Waals surface area contributed by atoms with Gasteiger partial charge in [-0.3, -0.25) is 5.32 Å². The number of nitrogens with two attached hydrogens (primary N) is 1. The third kappa shape index (κ3) is 4.56. The van der Waals surface area contributed by atoms with Crippen molar-refractivity contribution in [2.24, 2.45) is 0 Å². The zero-order valence-corrected chi connectivity index (χ0v) is 17.1. The summed E-state index contributed by atoms with van der Waals surface area (Å²) in [5, 5.41) is 14.3. The van der Waals surface area contributed by atoms with Gasteiger partial charge in [0, 0.05) is 11.3 Å². The van der Waals surface area contributed by atoms with Gasteiger partial charge in [0.1, 0.15) is 5.56 Å². The summed E-state index contributed by atoms with van der Waals surface area (Å²) in [6.07, 6.45) is 5.51. The van der Waals surface area contributed by atoms with E-state index in [2.05, 4.69) is 5.32 Å². The number of carbonyl (C=O) groups excluding carboxylic acids is 1. The molecule has 1 aliphatic rings. The van der Waals surface area contributed by atoms with Gasteiger partial charge in [-0.05, 0) is 36.3 Å². The highest BCUT2D eigenvalue weighted by Crippen LogP contribution is 2.34. The molecule has 0 atom stereocenters. The molecule has 0 unspecified atom stereocenters. The summed E-state index contributed by atoms with van der Waals surface area (Å²) in [7, 11) is 1.61. The van der Waals surface area contributed by atoms with Crippen LogP contribution in [0.2, 0.25) is 10.0 Å². The molecule has 2 amide bonds. The Morgan fingerprint density at radius 3 is 2.64 bits per heavy atom. The Hall–Kier alpha value is -2.32. The summed E-state index contributed by atoms with van der Waals surface area (Å²) < 4.78 is 5.29. The maximum absolute atomic E-state index is 12.4. The van der Waals surface area contributed by atoms with Crippen molar-refractivity contribution in [2.45, 2.75) is 12.8 Å². The van der Waals surface area contributed by atoms with Gasteiger partial charge in [0.15, 0.2) is 0 Å². The molecule has 3 rings (SSSR count). The van der Waals surface area contributed by atoms with E-state index in [0.29, 0.717) is 15.0 Å². The first kappa shape index (κ1) is 20.4. The average molecular weight is 440 g/mol. The SMILES string of the molecule is COC1=CC(c2cc(C(=O)O)c([NH2+]C(=O)Nc3c(Cl)cccc3Cl)s2)=CCC1. The van der Waals surface area contributed by atoms with Crippen molar-refractivity contribution < 1.29 is 24.7 Å². The van der Waals surface area contributed by atoms with Crippen molar-refractivity contribution in [1.82, 2.24) is 0 Å². The number of nitrogens with one attached hydrogen (secondary N) is 1. The van der Waals surface area contributed by atoms with Crippen molar-refractivity contribution in [3.8, 4) is 0 Å². The first-order valence-electron chi connectivity index (χ1n) is 8.31. The molecule has 146 valence electrons. The Kier molecular flexibility index (Phi) is 6.41. The lowest BCUT2D eigenvalue weighted by Gasteiger charge is -2.11. The number of carboxylic acid groups (broad SMARTS) is 1. The zero-order chi connectivity index (χ0) is 20.3. The smallest absolute Gasteiger partial charge is 0.423 e. The van der Waals surface area contributed by atoms with E-state index in [1.165, 1.54) is 16.7 Å². The van der Waals surface area contributed by atoms with Crippen LogP contribution < -0.4 is 10.6 Å². The van der Waals surface area contributed by atoms with E-state index in [1.54, 1.807) is 31.4 Å². The Balaban J connectivity index is 1.84. The number of hydrogen-bond acceptors (Lipinski definition) is 4. The maximum atomic E-state index is 12.4. The molecule has 0 radical (unpaired) electrons. The fourth-order valence-corrected chi connectivity index (χ4v) is 4.31. The Morgan fingerprint density at radius 1 is 1.29 bits per heavy atom. The number of halogens is 2. The van der Waals surface area contributed by atoms with Gasteiger partial charge < -0.3 is 9.84 Å². The number of urea groups is 1. The lowest BCUT2D eigenvalue weighted by atomic mass is 10.0. The highest BCUT2D eigenvalue weighted by molar-refractivity contribution is 7.16. The first-order chi connectivity index (χ1) is 13.4. The third-order valence-electron chi connectivity index (χ3n) is 4.08. The molecule has 0 fully saturated rings. The number of amides is 2. The highest BCUT2D eigenvalue weighted by Gasteiger charge is 2.24. The van der Waals surface area contributed by atoms with Crippen LogP contribution >= 0.6 is 34.5 Å². The predicted molar refractivity (Wildman–Crippen MR) is 111 cm³/mol. The van der Waals surface area contributed by atoms with Crippen LogP contribution in [0.25, 0.3) is 5.57 Å². The number of primary amides is 1. The average Bonchev–Trinajstić information content (AvgIpc) is 3.09. The molecule has 0 saturated heterocycles. The minimum absolute atomic E-state index is 0.0549. The number of carbonyl (C=O) groups is 2. The van der Waals surface area contributed by atoms with E-state index >= 15 is 0 Å². The van der Waals surface area contributed by atoms with E-state index in [-0.39, 0.29) is 11.3 Å². The van der Waals surface area contributed by atoms with Crippen LogP contribution in [0.1, 0.15) is 28.1 Å². The summed E-state index contributed by atoms with van der Waals surface area (Å²) >= 11 is 13.3. The second kappa shape index (κ2) is 8.79. The second-order valence-corrected chi connectivity index (χ2v) is 7.84. The summed E-state index contributed by atoms with van der Waals surface area (Å²) in [6, 6.07) is 5.92. The molecule has 0 saturated carbocycles. The third-order valence-corrected chi connectivity index (χ3v) is 5.84. The number of carboxylic acids is 1. The number of para-hydroxylation sites is 1. The van der Waals surface area contributed by atoms with Crippen LogP contribution in [-0.4, -0.2) is 24.2 Å². The minimum Gasteiger partial charge on any atom is -0.501 e. The quantitative estimate of drug-likeness (QED) is 0.618. The number of methoxy groups -OCH3 is 1. The molecule has 2 aromatic rings. The van der Waals surface area contributed by atoms with Crippen molar-refractivity contribution in [2.75, 3.05) is 12.4 Å². The van der Waals surface area contributed by atoms with E-state index in [4.69, 9.17) is 27.9 Å². The summed E-state index contributed by atoms with van der Waals surface area (Å²) in [5.74, 6) is -0.274. The van der Waals surface area contributed by atoms with Crippen LogP contribution in [-0.2, 0) is 4.74 Å². The molecule has 28 heavy (non-hydrogen) atoms. The molecule has 1 aliphatic carbocycles. The number of benzene rings is 1. The number of anilines is 1. The molecule has 0 bridgehead atoms. The molecular formula is C19H17Cl2N2O4S+. The molecule has 1 aromatic heterocycles. The van der Waals surface area contributed by atoms with Gasteiger partial charge in [0.25, 0.3) is 0 Å². The monoisotopic (exact) mass is 439 g/mol. The van der Waals surface area contributed by atoms with Crippen molar-refractivity contribution >= 4 is 62.8 Å². The van der Waals surface area contributed by atoms with E-state index in [1.807, 2.05) is 12.2 Å². The number of quaternary nitrogens is 1. The van der Waals surface area contributed by atoms with E-state index < -0.39 is 12.0 Å². The standard InChI is InChI=1S/C19H16Cl2N2O4S/c1-27-11-5-2-4-10(8-11)15-9-12(18(24)25)17(28-15)23-19(26)22-16-13(20)6-3-7-14(16)21/h3-4,6-9H,2,5H2,1H3,(H,24,25)(H2,22,23,26)/p+1. The molecule has 9 heteroatoms. The topological polar surface area (TPSA) is 92.2 Å². The van der Waals surface area contributed by atoms with Crippen molar-refractivity contribution in [1.29, 1.82) is 0 Å². The summed E-state index contributed by atoms with van der Waals surface area (Å²) in [5.41, 5.74) is 1.22. The van der Waals surface area contributed by atoms with E-state index in [9.17, 15) is 14.7 Å². The Morgan fingerprint density at radius 2 is 2.00 bits per heavy atom. The largest absolute Gasteiger partial charge is 0.501 e. The lowest BCUT2D eigenvalue weighted by molar-refractivity contribution is -0.455. The summed E-state index contributed by atoms with van der Waals surface area (Å²) in [6.45, 7) is 0. The minimum atomic E-state index is -1.11. The summed E-state index contributed by atoms with van der Waals surface area (Å²) in [4.78, 5) is 24.8. The lowest BCUT2D eigenvalue weighted by Crippen LogP contribution is -2.83. The van der Waals surface area contributed by atoms with Crippen LogP contribution in [0.4, 0.5) is 15.5 Å². The molecule has 0 spiro atoms. The molecule has 1 aromatic carbocycles. The molecule has 6 nitrogen and oxygen atoms in total. The van der Waals surface area contributed by atoms with Gasteiger partial charge in [0.2, 0.25) is 5.00 Å². The molecule has 1 heterocycles. The van der Waals surface area contributed by atoms with Crippen molar-refractivity contribution in [3.05, 3.63) is 62.7 Å². The number of rotatable bonds is 5. The van der Waals surface area contributed by atoms with Gasteiger partial charge in [-0.1, -0.05) is 46.7 Å². The van der Waals surface area contributed by atoms with Crippen LogP contribution in [0.3, 0.4) is 0 Å². The number of thiophene rings is 1. The normalized spacial score (nSPS) is 13.5. The van der Waals surface area contributed by atoms with Crippen LogP contribution in [0.5, 0.6) is 0 Å². The Bertz CT molecular complexity index is 978. The Labute approximate surface area is 175 Å². The first-order valence-corrected chi connectivity index (χ1v) is 9.88. The van der Waals surface area contributed by atoms with Crippen LogP contribution in [0, 0.1) is 0 Å². The van der Waals surface area contributed by atoms with Gasteiger partial charge >= 0.3 is 12.0 Å². The van der Waals surface area contributed by atoms with Gasteiger partial charge in [0.05, 0.1) is 28.6 Å². The number of allylic oxidation sites excluding steroid dienone is 4.